The van der Waals surface area contributed by atoms with E-state index in [1.54, 1.807) is 18.3 Å². The van der Waals surface area contributed by atoms with Crippen LogP contribution in [0.25, 0.3) is 5.65 Å². The van der Waals surface area contributed by atoms with Crippen LogP contribution in [-0.4, -0.2) is 32.7 Å². The van der Waals surface area contributed by atoms with Crippen LogP contribution in [0.5, 0.6) is 0 Å². The van der Waals surface area contributed by atoms with Gasteiger partial charge in [0.25, 0.3) is 0 Å². The maximum atomic E-state index is 9.17. The van der Waals surface area contributed by atoms with Gasteiger partial charge in [0.15, 0.2) is 5.65 Å². The molecule has 1 aliphatic heterocycles. The van der Waals surface area contributed by atoms with E-state index in [2.05, 4.69) is 43.7 Å². The van der Waals surface area contributed by atoms with Gasteiger partial charge in [0, 0.05) is 25.5 Å². The van der Waals surface area contributed by atoms with Crippen LogP contribution in [0.4, 0.5) is 5.82 Å². The first-order chi connectivity index (χ1) is 10.8. The quantitative estimate of drug-likeness (QED) is 0.721. The molecular formula is C16H14N6. The summed E-state index contributed by atoms with van der Waals surface area (Å²) in [4.78, 5) is 6.44. The normalized spacial score (nSPS) is 14.8. The van der Waals surface area contributed by atoms with E-state index in [-0.39, 0.29) is 0 Å². The third kappa shape index (κ3) is 1.91. The number of anilines is 1. The zero-order valence-corrected chi connectivity index (χ0v) is 12.1. The van der Waals surface area contributed by atoms with Gasteiger partial charge in [0.05, 0.1) is 11.5 Å². The Bertz CT molecular complexity index is 885. The Hall–Kier alpha value is -2.94. The molecule has 0 aliphatic carbocycles. The summed E-state index contributed by atoms with van der Waals surface area (Å²) in [6, 6.07) is 9.79. The van der Waals surface area contributed by atoms with Crippen molar-refractivity contribution in [3.05, 3.63) is 53.6 Å². The molecule has 6 heteroatoms. The van der Waals surface area contributed by atoms with Crippen molar-refractivity contribution in [2.75, 3.05) is 18.0 Å². The van der Waals surface area contributed by atoms with Gasteiger partial charge in [-0.3, -0.25) is 4.40 Å². The molecule has 108 valence electrons. The molecule has 0 amide bonds. The molecule has 0 radical (unpaired) electrons. The Labute approximate surface area is 127 Å². The molecule has 0 bridgehead atoms. The smallest absolute Gasteiger partial charge is 0.160 e. The molecule has 1 saturated heterocycles. The predicted molar refractivity (Wildman–Crippen MR) is 81.6 cm³/mol. The van der Waals surface area contributed by atoms with Crippen LogP contribution in [0.1, 0.15) is 22.9 Å². The molecule has 6 nitrogen and oxygen atoms in total. The second-order valence-corrected chi connectivity index (χ2v) is 5.58. The van der Waals surface area contributed by atoms with Gasteiger partial charge in [-0.2, -0.15) is 5.26 Å². The summed E-state index contributed by atoms with van der Waals surface area (Å²) in [5.74, 6) is 2.04. The molecule has 4 heterocycles. The van der Waals surface area contributed by atoms with E-state index in [0.717, 1.165) is 30.4 Å². The number of nitriles is 1. The Morgan fingerprint density at radius 3 is 2.91 bits per heavy atom. The van der Waals surface area contributed by atoms with E-state index in [1.807, 2.05) is 12.1 Å². The molecule has 0 aromatic carbocycles. The van der Waals surface area contributed by atoms with Crippen LogP contribution >= 0.6 is 0 Å². The van der Waals surface area contributed by atoms with Gasteiger partial charge in [-0.15, -0.1) is 10.2 Å². The third-order valence-electron chi connectivity index (χ3n) is 4.03. The first-order valence-electron chi connectivity index (χ1n) is 7.17. The van der Waals surface area contributed by atoms with Crippen molar-refractivity contribution in [3.63, 3.8) is 0 Å². The number of aryl methyl sites for hydroxylation is 1. The van der Waals surface area contributed by atoms with Gasteiger partial charge in [0.1, 0.15) is 17.7 Å². The molecule has 3 aromatic rings. The summed E-state index contributed by atoms with van der Waals surface area (Å²) in [6.45, 7) is 3.67. The lowest BCUT2D eigenvalue weighted by Crippen LogP contribution is -2.46. The predicted octanol–water partition coefficient (Wildman–Crippen LogP) is 1.91. The second kappa shape index (κ2) is 4.81. The minimum absolute atomic E-state index is 0.311. The molecule has 1 fully saturated rings. The lowest BCUT2D eigenvalue weighted by molar-refractivity contribution is 0.492. The van der Waals surface area contributed by atoms with Gasteiger partial charge in [-0.25, -0.2) is 4.98 Å². The zero-order valence-electron chi connectivity index (χ0n) is 12.1. The van der Waals surface area contributed by atoms with E-state index in [1.165, 1.54) is 5.56 Å². The average Bonchev–Trinajstić information content (AvgIpc) is 2.89. The fraction of sp³-hybridized carbons (Fsp3) is 0.250. The summed E-state index contributed by atoms with van der Waals surface area (Å²) in [7, 11) is 0. The van der Waals surface area contributed by atoms with Gasteiger partial charge in [-0.1, -0.05) is 6.07 Å². The van der Waals surface area contributed by atoms with Crippen LogP contribution in [0, 0.1) is 18.3 Å². The van der Waals surface area contributed by atoms with Crippen LogP contribution in [0.3, 0.4) is 0 Å². The standard InChI is InChI=1S/C16H14N6/c1-11-4-5-14-19-20-16(22(14)8-11)13-9-21(10-13)15-12(7-17)3-2-6-18-15/h2-6,8,13H,9-10H2,1H3. The first-order valence-corrected chi connectivity index (χ1v) is 7.17. The van der Waals surface area contributed by atoms with Crippen molar-refractivity contribution in [1.29, 1.82) is 5.26 Å². The number of hydrogen-bond donors (Lipinski definition) is 0. The Balaban J connectivity index is 1.60. The minimum Gasteiger partial charge on any atom is -0.354 e. The van der Waals surface area contributed by atoms with E-state index >= 15 is 0 Å². The SMILES string of the molecule is Cc1ccc2nnc(C3CN(c4ncccc4C#N)C3)n2c1. The molecule has 0 N–H and O–H groups in total. The molecule has 0 spiro atoms. The van der Waals surface area contributed by atoms with Gasteiger partial charge in [0.2, 0.25) is 0 Å². The zero-order chi connectivity index (χ0) is 15.1. The number of nitrogens with zero attached hydrogens (tertiary/aromatic N) is 6. The maximum absolute atomic E-state index is 9.17. The van der Waals surface area contributed by atoms with Crippen molar-refractivity contribution in [2.45, 2.75) is 12.8 Å². The van der Waals surface area contributed by atoms with Crippen molar-refractivity contribution >= 4 is 11.5 Å². The van der Waals surface area contributed by atoms with E-state index in [9.17, 15) is 0 Å². The van der Waals surface area contributed by atoms with Gasteiger partial charge < -0.3 is 4.90 Å². The Kier molecular flexibility index (Phi) is 2.79. The molecule has 22 heavy (non-hydrogen) atoms. The monoisotopic (exact) mass is 290 g/mol. The van der Waals surface area contributed by atoms with Crippen LogP contribution in [-0.2, 0) is 0 Å². The first kappa shape index (κ1) is 12.8. The Morgan fingerprint density at radius 2 is 2.09 bits per heavy atom. The molecule has 3 aromatic heterocycles. The fourth-order valence-electron chi connectivity index (χ4n) is 2.84. The highest BCUT2D eigenvalue weighted by Crippen LogP contribution is 2.31. The van der Waals surface area contributed by atoms with Crippen molar-refractivity contribution in [3.8, 4) is 6.07 Å². The fourth-order valence-corrected chi connectivity index (χ4v) is 2.84. The van der Waals surface area contributed by atoms with E-state index in [0.29, 0.717) is 11.5 Å². The summed E-state index contributed by atoms with van der Waals surface area (Å²) >= 11 is 0. The van der Waals surface area contributed by atoms with Gasteiger partial charge >= 0.3 is 0 Å². The van der Waals surface area contributed by atoms with Crippen molar-refractivity contribution in [1.82, 2.24) is 19.6 Å². The van der Waals surface area contributed by atoms with Crippen LogP contribution in [0.15, 0.2) is 36.7 Å². The minimum atomic E-state index is 0.311. The molecule has 0 saturated carbocycles. The number of aromatic nitrogens is 4. The average molecular weight is 290 g/mol. The molecule has 1 aliphatic rings. The summed E-state index contributed by atoms with van der Waals surface area (Å²) in [6.07, 6.45) is 3.79. The van der Waals surface area contributed by atoms with E-state index in [4.69, 9.17) is 5.26 Å². The topological polar surface area (TPSA) is 70.1 Å². The lowest BCUT2D eigenvalue weighted by atomic mass is 9.98. The molecule has 0 atom stereocenters. The number of rotatable bonds is 2. The number of hydrogen-bond acceptors (Lipinski definition) is 5. The molecular weight excluding hydrogens is 276 g/mol. The van der Waals surface area contributed by atoms with Gasteiger partial charge in [-0.05, 0) is 30.7 Å². The molecule has 0 unspecified atom stereocenters. The molecule has 4 rings (SSSR count). The van der Waals surface area contributed by atoms with Crippen LogP contribution in [0.2, 0.25) is 0 Å². The third-order valence-corrected chi connectivity index (χ3v) is 4.03. The summed E-state index contributed by atoms with van der Waals surface area (Å²) in [5.41, 5.74) is 2.67. The summed E-state index contributed by atoms with van der Waals surface area (Å²) < 4.78 is 2.06. The number of fused-ring (bicyclic) bond motifs is 1. The Morgan fingerprint density at radius 1 is 1.23 bits per heavy atom. The van der Waals surface area contributed by atoms with Crippen molar-refractivity contribution < 1.29 is 0 Å². The summed E-state index contributed by atoms with van der Waals surface area (Å²) in [5, 5.41) is 17.7. The number of pyridine rings is 2. The van der Waals surface area contributed by atoms with Crippen LogP contribution < -0.4 is 4.90 Å². The lowest BCUT2D eigenvalue weighted by Gasteiger charge is -2.39. The second-order valence-electron chi connectivity index (χ2n) is 5.58. The highest BCUT2D eigenvalue weighted by Gasteiger charge is 2.33. The van der Waals surface area contributed by atoms with Crippen molar-refractivity contribution in [2.24, 2.45) is 0 Å². The highest BCUT2D eigenvalue weighted by molar-refractivity contribution is 5.56. The maximum Gasteiger partial charge on any atom is 0.160 e. The highest BCUT2D eigenvalue weighted by atomic mass is 15.3. The largest absolute Gasteiger partial charge is 0.354 e. The van der Waals surface area contributed by atoms with E-state index < -0.39 is 0 Å².